The van der Waals surface area contributed by atoms with Gasteiger partial charge in [-0.15, -0.1) is 6.42 Å². The van der Waals surface area contributed by atoms with Crippen LogP contribution < -0.4 is 5.32 Å². The summed E-state index contributed by atoms with van der Waals surface area (Å²) < 4.78 is 5.49. The Hall–Kier alpha value is -3.29. The zero-order valence-electron chi connectivity index (χ0n) is 14.3. The van der Waals surface area contributed by atoms with Gasteiger partial charge in [0.1, 0.15) is 12.3 Å². The van der Waals surface area contributed by atoms with E-state index in [0.717, 1.165) is 11.1 Å². The molecule has 27 heavy (non-hydrogen) atoms. The molecule has 1 N–H and O–H groups in total. The summed E-state index contributed by atoms with van der Waals surface area (Å²) in [5, 5.41) is 3.00. The molecular formula is C22H15ClN2O2. The van der Waals surface area contributed by atoms with E-state index in [2.05, 4.69) is 40.5 Å². The van der Waals surface area contributed by atoms with Crippen molar-refractivity contribution in [1.29, 1.82) is 0 Å². The van der Waals surface area contributed by atoms with Crippen molar-refractivity contribution in [2.24, 2.45) is 0 Å². The molecule has 1 aliphatic carbocycles. The maximum atomic E-state index is 12.3. The second-order valence-corrected chi connectivity index (χ2v) is 6.58. The Morgan fingerprint density at radius 2 is 1.78 bits per heavy atom. The Bertz CT molecular complexity index is 1030. The monoisotopic (exact) mass is 374 g/mol. The van der Waals surface area contributed by atoms with Crippen molar-refractivity contribution < 1.29 is 9.53 Å². The average Bonchev–Trinajstić information content (AvgIpc) is 3.00. The number of hydrogen-bond acceptors (Lipinski definition) is 3. The minimum Gasteiger partial charge on any atom is -0.448 e. The maximum absolute atomic E-state index is 12.3. The highest BCUT2D eigenvalue weighted by atomic mass is 35.5. The Morgan fingerprint density at radius 3 is 2.41 bits per heavy atom. The minimum absolute atomic E-state index is 0.00672. The fourth-order valence-corrected chi connectivity index (χ4v) is 3.55. The van der Waals surface area contributed by atoms with E-state index in [0.29, 0.717) is 16.4 Å². The first-order chi connectivity index (χ1) is 13.2. The van der Waals surface area contributed by atoms with Gasteiger partial charge in [0, 0.05) is 12.1 Å². The largest absolute Gasteiger partial charge is 0.448 e. The van der Waals surface area contributed by atoms with Gasteiger partial charge in [0.15, 0.2) is 0 Å². The molecule has 0 aliphatic heterocycles. The molecule has 3 aromatic rings. The van der Waals surface area contributed by atoms with Crippen LogP contribution in [0.2, 0.25) is 5.02 Å². The van der Waals surface area contributed by atoms with Crippen molar-refractivity contribution in [2.75, 3.05) is 11.9 Å². The molecule has 1 aromatic heterocycles. The van der Waals surface area contributed by atoms with Crippen LogP contribution in [0.1, 0.15) is 22.7 Å². The molecule has 1 aliphatic rings. The molecule has 1 amide bonds. The number of anilines is 1. The van der Waals surface area contributed by atoms with Gasteiger partial charge in [-0.2, -0.15) is 0 Å². The van der Waals surface area contributed by atoms with Gasteiger partial charge < -0.3 is 4.74 Å². The molecular weight excluding hydrogens is 360 g/mol. The molecule has 0 spiro atoms. The number of pyridine rings is 1. The van der Waals surface area contributed by atoms with Crippen LogP contribution in [0.4, 0.5) is 10.5 Å². The molecule has 4 nitrogen and oxygen atoms in total. The molecule has 0 fully saturated rings. The van der Waals surface area contributed by atoms with Crippen molar-refractivity contribution in [3.05, 3.63) is 82.6 Å². The van der Waals surface area contributed by atoms with Crippen LogP contribution in [0.3, 0.4) is 0 Å². The number of amides is 1. The predicted octanol–water partition coefficient (Wildman–Crippen LogP) is 5.08. The quantitative estimate of drug-likeness (QED) is 0.650. The van der Waals surface area contributed by atoms with Gasteiger partial charge >= 0.3 is 6.09 Å². The third kappa shape index (κ3) is 3.25. The van der Waals surface area contributed by atoms with Crippen LogP contribution in [0.25, 0.3) is 11.1 Å². The van der Waals surface area contributed by atoms with Crippen LogP contribution in [0.15, 0.2) is 60.8 Å². The van der Waals surface area contributed by atoms with Gasteiger partial charge in [-0.1, -0.05) is 60.1 Å². The van der Waals surface area contributed by atoms with Crippen molar-refractivity contribution in [2.45, 2.75) is 5.92 Å². The summed E-state index contributed by atoms with van der Waals surface area (Å²) >= 11 is 5.93. The van der Waals surface area contributed by atoms with E-state index in [1.54, 1.807) is 6.07 Å². The number of nitrogens with one attached hydrogen (secondary N) is 1. The molecule has 0 atom stereocenters. The van der Waals surface area contributed by atoms with Gasteiger partial charge in [-0.3, -0.25) is 5.32 Å². The van der Waals surface area contributed by atoms with Gasteiger partial charge in [-0.05, 0) is 34.2 Å². The molecule has 0 saturated heterocycles. The lowest BCUT2D eigenvalue weighted by Crippen LogP contribution is -2.18. The molecule has 1 heterocycles. The second kappa shape index (κ2) is 7.14. The number of carbonyl (C=O) groups is 1. The molecule has 0 bridgehead atoms. The van der Waals surface area contributed by atoms with E-state index in [9.17, 15) is 4.79 Å². The van der Waals surface area contributed by atoms with E-state index in [1.165, 1.54) is 17.3 Å². The fourth-order valence-electron chi connectivity index (χ4n) is 3.39. The normalized spacial score (nSPS) is 12.0. The van der Waals surface area contributed by atoms with Gasteiger partial charge in [0.2, 0.25) is 0 Å². The highest BCUT2D eigenvalue weighted by molar-refractivity contribution is 6.30. The zero-order valence-corrected chi connectivity index (χ0v) is 15.0. The predicted molar refractivity (Wildman–Crippen MR) is 106 cm³/mol. The Kier molecular flexibility index (Phi) is 4.53. The molecule has 4 rings (SSSR count). The molecule has 5 heteroatoms. The van der Waals surface area contributed by atoms with Crippen LogP contribution in [0, 0.1) is 12.3 Å². The number of benzene rings is 2. The smallest absolute Gasteiger partial charge is 0.411 e. The number of hydrogen-bond donors (Lipinski definition) is 1. The van der Waals surface area contributed by atoms with E-state index >= 15 is 0 Å². The third-order valence-electron chi connectivity index (χ3n) is 4.57. The Labute approximate surface area is 162 Å². The maximum Gasteiger partial charge on any atom is 0.411 e. The third-order valence-corrected chi connectivity index (χ3v) is 4.78. The summed E-state index contributed by atoms with van der Waals surface area (Å²) in [6.07, 6.45) is 6.24. The van der Waals surface area contributed by atoms with Gasteiger partial charge in [0.25, 0.3) is 0 Å². The van der Waals surface area contributed by atoms with E-state index in [-0.39, 0.29) is 12.5 Å². The summed E-state index contributed by atoms with van der Waals surface area (Å²) in [6.45, 7) is 0.221. The summed E-state index contributed by atoms with van der Waals surface area (Å²) in [4.78, 5) is 16.3. The lowest BCUT2D eigenvalue weighted by molar-refractivity contribution is 0.158. The van der Waals surface area contributed by atoms with Crippen LogP contribution in [-0.2, 0) is 4.74 Å². The SMILES string of the molecule is C#Cc1ncc(Cl)cc1NC(=O)OCC1c2ccccc2-c2ccccc21. The zero-order chi connectivity index (χ0) is 18.8. The number of rotatable bonds is 3. The molecule has 132 valence electrons. The summed E-state index contributed by atoms with van der Waals surface area (Å²) in [7, 11) is 0. The summed E-state index contributed by atoms with van der Waals surface area (Å²) in [6, 6.07) is 17.9. The second-order valence-electron chi connectivity index (χ2n) is 6.14. The number of halogens is 1. The van der Waals surface area contributed by atoms with Crippen molar-refractivity contribution >= 4 is 23.4 Å². The standard InChI is InChI=1S/C22H15ClN2O2/c1-2-20-21(11-14(23)12-24-20)25-22(26)27-13-19-17-9-5-3-7-15(17)16-8-4-6-10-18(16)19/h1,3-12,19H,13H2,(H,25,26). The highest BCUT2D eigenvalue weighted by Gasteiger charge is 2.29. The van der Waals surface area contributed by atoms with Crippen LogP contribution in [0.5, 0.6) is 0 Å². The van der Waals surface area contributed by atoms with E-state index < -0.39 is 6.09 Å². The number of fused-ring (bicyclic) bond motifs is 3. The number of nitrogens with zero attached hydrogens (tertiary/aromatic N) is 1. The van der Waals surface area contributed by atoms with Crippen molar-refractivity contribution in [3.63, 3.8) is 0 Å². The lowest BCUT2D eigenvalue weighted by Gasteiger charge is -2.15. The van der Waals surface area contributed by atoms with E-state index in [4.69, 9.17) is 22.8 Å². The van der Waals surface area contributed by atoms with Crippen LogP contribution >= 0.6 is 11.6 Å². The molecule has 2 aromatic carbocycles. The van der Waals surface area contributed by atoms with Crippen LogP contribution in [-0.4, -0.2) is 17.7 Å². The Morgan fingerprint density at radius 1 is 1.15 bits per heavy atom. The summed E-state index contributed by atoms with van der Waals surface area (Å²) in [5.74, 6) is 2.40. The number of carbonyl (C=O) groups excluding carboxylic acids is 1. The Balaban J connectivity index is 1.52. The first-order valence-electron chi connectivity index (χ1n) is 8.41. The topological polar surface area (TPSA) is 51.2 Å². The average molecular weight is 375 g/mol. The number of ether oxygens (including phenoxy) is 1. The van der Waals surface area contributed by atoms with Gasteiger partial charge in [0.05, 0.1) is 10.7 Å². The van der Waals surface area contributed by atoms with Gasteiger partial charge in [-0.25, -0.2) is 9.78 Å². The highest BCUT2D eigenvalue weighted by Crippen LogP contribution is 2.44. The molecule has 0 saturated carbocycles. The first-order valence-corrected chi connectivity index (χ1v) is 8.79. The lowest BCUT2D eigenvalue weighted by atomic mass is 9.98. The molecule has 0 radical (unpaired) electrons. The summed E-state index contributed by atoms with van der Waals surface area (Å²) in [5.41, 5.74) is 5.31. The number of aromatic nitrogens is 1. The van der Waals surface area contributed by atoms with Crippen molar-refractivity contribution in [3.8, 4) is 23.5 Å². The first kappa shape index (κ1) is 17.1. The number of terminal acetylenes is 1. The fraction of sp³-hybridized carbons (Fsp3) is 0.0909. The molecule has 0 unspecified atom stereocenters. The minimum atomic E-state index is -0.600. The van der Waals surface area contributed by atoms with Crippen molar-refractivity contribution in [1.82, 2.24) is 4.98 Å². The van der Waals surface area contributed by atoms with E-state index in [1.807, 2.05) is 24.3 Å².